The van der Waals surface area contributed by atoms with Crippen molar-refractivity contribution in [3.8, 4) is 0 Å². The lowest BCUT2D eigenvalue weighted by Crippen LogP contribution is -1.98. The van der Waals surface area contributed by atoms with Gasteiger partial charge < -0.3 is 9.84 Å². The minimum Gasteiger partial charge on any atom is -0.394 e. The molecule has 1 heterocycles. The lowest BCUT2D eigenvalue weighted by Gasteiger charge is -1.88. The molecule has 54 valence electrons. The summed E-state index contributed by atoms with van der Waals surface area (Å²) in [6, 6.07) is 0. The van der Waals surface area contributed by atoms with Crippen molar-refractivity contribution in [2.24, 2.45) is 0 Å². The molecule has 1 aliphatic heterocycles. The Kier molecular flexibility index (Phi) is 2.49. The monoisotopic (exact) mass is 130 g/mol. The normalized spacial score (nSPS) is 32.7. The number of unbranched alkanes of at least 4 members (excludes halogenated alkanes) is 1. The van der Waals surface area contributed by atoms with Gasteiger partial charge in [-0.1, -0.05) is 19.8 Å². The van der Waals surface area contributed by atoms with E-state index >= 15 is 0 Å². The molecular formula is C7H14O2. The zero-order chi connectivity index (χ0) is 6.69. The van der Waals surface area contributed by atoms with Crippen LogP contribution in [0, 0.1) is 0 Å². The first-order valence-corrected chi connectivity index (χ1v) is 3.64. The van der Waals surface area contributed by atoms with Gasteiger partial charge in [0.25, 0.3) is 0 Å². The largest absolute Gasteiger partial charge is 0.394 e. The summed E-state index contributed by atoms with van der Waals surface area (Å²) >= 11 is 0. The molecule has 0 aromatic rings. The highest BCUT2D eigenvalue weighted by atomic mass is 16.6. The second kappa shape index (κ2) is 3.18. The van der Waals surface area contributed by atoms with Gasteiger partial charge >= 0.3 is 0 Å². The Hall–Kier alpha value is -0.0800. The number of epoxide rings is 1. The highest BCUT2D eigenvalue weighted by Gasteiger charge is 2.36. The van der Waals surface area contributed by atoms with Crippen molar-refractivity contribution in [1.29, 1.82) is 0 Å². The van der Waals surface area contributed by atoms with Gasteiger partial charge in [-0.05, 0) is 6.42 Å². The maximum Gasteiger partial charge on any atom is 0.107 e. The maximum absolute atomic E-state index is 8.55. The van der Waals surface area contributed by atoms with Gasteiger partial charge in [-0.3, -0.25) is 0 Å². The molecule has 0 amide bonds. The highest BCUT2D eigenvalue weighted by Crippen LogP contribution is 2.25. The minimum absolute atomic E-state index is 0.177. The molecule has 2 nitrogen and oxygen atoms in total. The summed E-state index contributed by atoms with van der Waals surface area (Å²) in [6.07, 6.45) is 4.13. The van der Waals surface area contributed by atoms with E-state index < -0.39 is 0 Å². The molecule has 2 heteroatoms. The van der Waals surface area contributed by atoms with Crippen molar-refractivity contribution in [1.82, 2.24) is 0 Å². The van der Waals surface area contributed by atoms with Crippen LogP contribution in [-0.2, 0) is 4.74 Å². The Balaban J connectivity index is 1.92. The summed E-state index contributed by atoms with van der Waals surface area (Å²) < 4.78 is 5.12. The third-order valence-electron chi connectivity index (χ3n) is 1.71. The fourth-order valence-corrected chi connectivity index (χ4v) is 0.999. The molecule has 0 bridgehead atoms. The van der Waals surface area contributed by atoms with E-state index in [2.05, 4.69) is 6.92 Å². The molecule has 0 radical (unpaired) electrons. The van der Waals surface area contributed by atoms with Gasteiger partial charge in [-0.25, -0.2) is 0 Å². The quantitative estimate of drug-likeness (QED) is 0.574. The van der Waals surface area contributed by atoms with Crippen LogP contribution >= 0.6 is 0 Å². The predicted molar refractivity (Wildman–Crippen MR) is 35.3 cm³/mol. The second-order valence-electron chi connectivity index (χ2n) is 2.54. The zero-order valence-electron chi connectivity index (χ0n) is 5.84. The molecule has 0 saturated carbocycles. The molecule has 1 fully saturated rings. The molecule has 0 aliphatic carbocycles. The van der Waals surface area contributed by atoms with Crippen LogP contribution in [0.3, 0.4) is 0 Å². The van der Waals surface area contributed by atoms with Crippen LogP contribution in [-0.4, -0.2) is 23.9 Å². The van der Waals surface area contributed by atoms with Crippen molar-refractivity contribution >= 4 is 0 Å². The first-order chi connectivity index (χ1) is 4.38. The summed E-state index contributed by atoms with van der Waals surface area (Å²) in [7, 11) is 0. The summed E-state index contributed by atoms with van der Waals surface area (Å²) in [5, 5.41) is 8.55. The Morgan fingerprint density at radius 1 is 1.44 bits per heavy atom. The topological polar surface area (TPSA) is 32.8 Å². The average molecular weight is 130 g/mol. The molecule has 1 saturated heterocycles. The molecule has 0 unspecified atom stereocenters. The van der Waals surface area contributed by atoms with E-state index in [1.54, 1.807) is 0 Å². The van der Waals surface area contributed by atoms with Gasteiger partial charge in [0.2, 0.25) is 0 Å². The molecule has 9 heavy (non-hydrogen) atoms. The Morgan fingerprint density at radius 3 is 2.67 bits per heavy atom. The van der Waals surface area contributed by atoms with Crippen molar-refractivity contribution < 1.29 is 9.84 Å². The Labute approximate surface area is 55.8 Å². The standard InChI is InChI=1S/C7H14O2/c1-2-3-4-6-7(5-8)9-6/h6-8H,2-5H2,1H3/t6-,7+/m0/s1. The van der Waals surface area contributed by atoms with Crippen LogP contribution in [0.15, 0.2) is 0 Å². The maximum atomic E-state index is 8.55. The molecule has 1 rings (SSSR count). The number of aliphatic hydroxyl groups is 1. The minimum atomic E-state index is 0.177. The van der Waals surface area contributed by atoms with Gasteiger partial charge in [0.05, 0.1) is 12.7 Å². The van der Waals surface area contributed by atoms with Crippen molar-refractivity contribution in [3.63, 3.8) is 0 Å². The van der Waals surface area contributed by atoms with Crippen molar-refractivity contribution in [3.05, 3.63) is 0 Å². The number of hydrogen-bond donors (Lipinski definition) is 1. The summed E-state index contributed by atoms with van der Waals surface area (Å²) in [6.45, 7) is 2.37. The molecule has 0 aromatic carbocycles. The number of aliphatic hydroxyl groups excluding tert-OH is 1. The van der Waals surface area contributed by atoms with Gasteiger partial charge in [0.15, 0.2) is 0 Å². The van der Waals surface area contributed by atoms with E-state index in [4.69, 9.17) is 9.84 Å². The van der Waals surface area contributed by atoms with Crippen LogP contribution in [0.4, 0.5) is 0 Å². The third-order valence-corrected chi connectivity index (χ3v) is 1.71. The number of hydrogen-bond acceptors (Lipinski definition) is 2. The Bertz CT molecular complexity index is 83.0. The molecule has 0 aromatic heterocycles. The van der Waals surface area contributed by atoms with E-state index in [0.717, 1.165) is 6.42 Å². The van der Waals surface area contributed by atoms with Gasteiger partial charge in [-0.2, -0.15) is 0 Å². The average Bonchev–Trinajstić information content (AvgIpc) is 2.62. The highest BCUT2D eigenvalue weighted by molar-refractivity contribution is 4.83. The van der Waals surface area contributed by atoms with E-state index in [-0.39, 0.29) is 12.7 Å². The van der Waals surface area contributed by atoms with Crippen LogP contribution in [0.1, 0.15) is 26.2 Å². The lowest BCUT2D eigenvalue weighted by molar-refractivity contribution is 0.241. The summed E-state index contributed by atoms with van der Waals surface area (Å²) in [5.41, 5.74) is 0. The number of rotatable bonds is 4. The van der Waals surface area contributed by atoms with Crippen LogP contribution < -0.4 is 0 Å². The van der Waals surface area contributed by atoms with E-state index in [1.807, 2.05) is 0 Å². The smallest absolute Gasteiger partial charge is 0.107 e. The SMILES string of the molecule is CCCC[C@@H]1O[C@@H]1CO. The van der Waals surface area contributed by atoms with Crippen LogP contribution in [0.5, 0.6) is 0 Å². The second-order valence-corrected chi connectivity index (χ2v) is 2.54. The van der Waals surface area contributed by atoms with Gasteiger partial charge in [0.1, 0.15) is 6.10 Å². The lowest BCUT2D eigenvalue weighted by atomic mass is 10.2. The van der Waals surface area contributed by atoms with Crippen molar-refractivity contribution in [2.75, 3.05) is 6.61 Å². The fraction of sp³-hybridized carbons (Fsp3) is 1.00. The predicted octanol–water partition coefficient (Wildman–Crippen LogP) is 0.936. The van der Waals surface area contributed by atoms with Gasteiger partial charge in [0, 0.05) is 0 Å². The molecular weight excluding hydrogens is 116 g/mol. The molecule has 1 N–H and O–H groups in total. The molecule has 1 aliphatic rings. The first-order valence-electron chi connectivity index (χ1n) is 3.64. The van der Waals surface area contributed by atoms with Crippen LogP contribution in [0.2, 0.25) is 0 Å². The zero-order valence-corrected chi connectivity index (χ0v) is 5.84. The summed E-state index contributed by atoms with van der Waals surface area (Å²) in [4.78, 5) is 0. The summed E-state index contributed by atoms with van der Waals surface area (Å²) in [5.74, 6) is 0. The van der Waals surface area contributed by atoms with Crippen LogP contribution in [0.25, 0.3) is 0 Å². The number of ether oxygens (including phenoxy) is 1. The first kappa shape index (κ1) is 7.03. The third kappa shape index (κ3) is 1.95. The fourth-order valence-electron chi connectivity index (χ4n) is 0.999. The van der Waals surface area contributed by atoms with E-state index in [9.17, 15) is 0 Å². The molecule has 2 atom stereocenters. The molecule has 0 spiro atoms. The van der Waals surface area contributed by atoms with E-state index in [1.165, 1.54) is 12.8 Å². The van der Waals surface area contributed by atoms with E-state index in [0.29, 0.717) is 6.10 Å². The van der Waals surface area contributed by atoms with Gasteiger partial charge in [-0.15, -0.1) is 0 Å². The van der Waals surface area contributed by atoms with Crippen molar-refractivity contribution in [2.45, 2.75) is 38.4 Å². The Morgan fingerprint density at radius 2 is 2.22 bits per heavy atom.